The lowest BCUT2D eigenvalue weighted by atomic mass is 9.80. The molecule has 3 rings (SSSR count). The highest BCUT2D eigenvalue weighted by molar-refractivity contribution is 5.66. The summed E-state index contributed by atoms with van der Waals surface area (Å²) in [5.74, 6) is -0.444. The molecule has 0 saturated carbocycles. The van der Waals surface area contributed by atoms with Gasteiger partial charge in [0.2, 0.25) is 0 Å². The monoisotopic (exact) mass is 331 g/mol. The van der Waals surface area contributed by atoms with Crippen LogP contribution in [0.2, 0.25) is 0 Å². The molecule has 0 aromatic heterocycles. The topological polar surface area (TPSA) is 55.8 Å². The second kappa shape index (κ2) is 7.34. The van der Waals surface area contributed by atoms with Crippen LogP contribution < -0.4 is 0 Å². The first kappa shape index (κ1) is 17.0. The van der Waals surface area contributed by atoms with Gasteiger partial charge in [0.1, 0.15) is 12.2 Å². The van der Waals surface area contributed by atoms with Gasteiger partial charge in [-0.1, -0.05) is 30.3 Å². The van der Waals surface area contributed by atoms with Crippen LogP contribution in [0.3, 0.4) is 0 Å². The van der Waals surface area contributed by atoms with Gasteiger partial charge in [-0.3, -0.25) is 14.5 Å². The Morgan fingerprint density at radius 2 is 1.42 bits per heavy atom. The summed E-state index contributed by atoms with van der Waals surface area (Å²) >= 11 is 0. The Kier molecular flexibility index (Phi) is 5.19. The Balaban J connectivity index is 1.81. The summed E-state index contributed by atoms with van der Waals surface area (Å²) in [7, 11) is 0. The molecule has 1 aromatic carbocycles. The molecule has 0 N–H and O–H groups in total. The van der Waals surface area contributed by atoms with Crippen LogP contribution in [0.4, 0.5) is 0 Å². The zero-order valence-corrected chi connectivity index (χ0v) is 14.3. The molecule has 2 heterocycles. The van der Waals surface area contributed by atoms with Crippen LogP contribution in [0.25, 0.3) is 0 Å². The zero-order valence-electron chi connectivity index (χ0n) is 14.3. The van der Waals surface area contributed by atoms with Gasteiger partial charge in [0.15, 0.2) is 0 Å². The largest absolute Gasteiger partial charge is 0.461 e. The second-order valence-corrected chi connectivity index (χ2v) is 6.74. The SMILES string of the molecule is CC(=O)O[C@@H]1CC[C@@H]2[C@H](OC(C)=O)CC[C@H]1N2Cc1ccccc1. The van der Waals surface area contributed by atoms with Gasteiger partial charge in [0.25, 0.3) is 0 Å². The molecular weight excluding hydrogens is 306 g/mol. The second-order valence-electron chi connectivity index (χ2n) is 6.74. The predicted octanol–water partition coefficient (Wildman–Crippen LogP) is 2.68. The molecule has 2 fully saturated rings. The number of hydrogen-bond acceptors (Lipinski definition) is 5. The van der Waals surface area contributed by atoms with Crippen molar-refractivity contribution >= 4 is 11.9 Å². The molecule has 4 atom stereocenters. The summed E-state index contributed by atoms with van der Waals surface area (Å²) in [6, 6.07) is 10.7. The fraction of sp³-hybridized carbons (Fsp3) is 0.579. The standard InChI is InChI=1S/C19H25NO4/c1-13(21)23-18-10-8-17-19(24-14(2)22)11-9-16(18)20(17)12-15-6-4-3-5-7-15/h3-7,16-19H,8-12H2,1-2H3/t16-,17-,18-,19-/m1/s1. The smallest absolute Gasteiger partial charge is 0.302 e. The molecule has 2 saturated heterocycles. The van der Waals surface area contributed by atoms with Crippen molar-refractivity contribution in [3.8, 4) is 0 Å². The molecule has 0 spiro atoms. The maximum Gasteiger partial charge on any atom is 0.302 e. The fourth-order valence-electron chi connectivity index (χ4n) is 4.16. The van der Waals surface area contributed by atoms with Crippen molar-refractivity contribution in [1.29, 1.82) is 0 Å². The van der Waals surface area contributed by atoms with Gasteiger partial charge in [0.05, 0.1) is 0 Å². The molecule has 5 heteroatoms. The van der Waals surface area contributed by atoms with E-state index in [0.29, 0.717) is 0 Å². The number of fused-ring (bicyclic) bond motifs is 2. The van der Waals surface area contributed by atoms with Crippen molar-refractivity contribution in [2.45, 2.75) is 70.4 Å². The highest BCUT2D eigenvalue weighted by Gasteiger charge is 2.46. The van der Waals surface area contributed by atoms with Crippen LogP contribution in [0.5, 0.6) is 0 Å². The molecule has 2 aliphatic heterocycles. The minimum Gasteiger partial charge on any atom is -0.461 e. The average molecular weight is 331 g/mol. The van der Waals surface area contributed by atoms with E-state index in [1.807, 2.05) is 18.2 Å². The van der Waals surface area contributed by atoms with Crippen molar-refractivity contribution in [2.24, 2.45) is 0 Å². The first-order chi connectivity index (χ1) is 11.5. The third kappa shape index (κ3) is 3.78. The quantitative estimate of drug-likeness (QED) is 0.794. The number of carbonyl (C=O) groups is 2. The summed E-state index contributed by atoms with van der Waals surface area (Å²) in [4.78, 5) is 25.3. The Morgan fingerprint density at radius 3 is 1.88 bits per heavy atom. The van der Waals surface area contributed by atoms with Gasteiger partial charge in [-0.05, 0) is 31.2 Å². The Hall–Kier alpha value is -1.88. The molecule has 24 heavy (non-hydrogen) atoms. The molecule has 130 valence electrons. The lowest BCUT2D eigenvalue weighted by molar-refractivity contribution is -0.172. The Labute approximate surface area is 142 Å². The molecule has 0 unspecified atom stereocenters. The average Bonchev–Trinajstić information content (AvgIpc) is 2.52. The third-order valence-electron chi connectivity index (χ3n) is 5.05. The molecule has 0 radical (unpaired) electrons. The van der Waals surface area contributed by atoms with E-state index in [1.54, 1.807) is 0 Å². The number of nitrogens with zero attached hydrogens (tertiary/aromatic N) is 1. The van der Waals surface area contributed by atoms with E-state index in [0.717, 1.165) is 32.2 Å². The third-order valence-corrected chi connectivity index (χ3v) is 5.05. The first-order valence-electron chi connectivity index (χ1n) is 8.68. The Bertz CT molecular complexity index is 556. The van der Waals surface area contributed by atoms with Crippen LogP contribution >= 0.6 is 0 Å². The van der Waals surface area contributed by atoms with Crippen molar-refractivity contribution in [3.05, 3.63) is 35.9 Å². The molecule has 0 amide bonds. The number of hydrogen-bond donors (Lipinski definition) is 0. The van der Waals surface area contributed by atoms with Gasteiger partial charge in [-0.25, -0.2) is 0 Å². The molecule has 2 bridgehead atoms. The lowest BCUT2D eigenvalue weighted by Crippen LogP contribution is -2.61. The van der Waals surface area contributed by atoms with Crippen molar-refractivity contribution in [1.82, 2.24) is 4.90 Å². The molecule has 1 aromatic rings. The van der Waals surface area contributed by atoms with Crippen molar-refractivity contribution < 1.29 is 19.1 Å². The van der Waals surface area contributed by atoms with E-state index in [2.05, 4.69) is 17.0 Å². The van der Waals surface area contributed by atoms with E-state index < -0.39 is 0 Å². The van der Waals surface area contributed by atoms with Crippen molar-refractivity contribution in [3.63, 3.8) is 0 Å². The van der Waals surface area contributed by atoms with E-state index in [4.69, 9.17) is 9.47 Å². The molecular formula is C19H25NO4. The van der Waals surface area contributed by atoms with Crippen LogP contribution in [0.1, 0.15) is 45.1 Å². The van der Waals surface area contributed by atoms with Gasteiger partial charge in [0, 0.05) is 32.5 Å². The molecule has 0 aliphatic carbocycles. The number of ether oxygens (including phenoxy) is 2. The Morgan fingerprint density at radius 1 is 0.917 bits per heavy atom. The minimum absolute atomic E-state index is 0.0688. The van der Waals surface area contributed by atoms with E-state index >= 15 is 0 Å². The van der Waals surface area contributed by atoms with Crippen LogP contribution in [0.15, 0.2) is 30.3 Å². The van der Waals surface area contributed by atoms with Gasteiger partial charge in [-0.15, -0.1) is 0 Å². The number of esters is 2. The van der Waals surface area contributed by atoms with E-state index in [1.165, 1.54) is 19.4 Å². The highest BCUT2D eigenvalue weighted by atomic mass is 16.6. The van der Waals surface area contributed by atoms with Gasteiger partial charge < -0.3 is 9.47 Å². The van der Waals surface area contributed by atoms with Crippen molar-refractivity contribution in [2.75, 3.05) is 0 Å². The summed E-state index contributed by atoms with van der Waals surface area (Å²) in [5.41, 5.74) is 1.22. The maximum atomic E-state index is 11.4. The molecule has 2 aliphatic rings. The van der Waals surface area contributed by atoms with E-state index in [9.17, 15) is 9.59 Å². The number of benzene rings is 1. The van der Waals surface area contributed by atoms with Crippen LogP contribution in [-0.4, -0.2) is 41.1 Å². The van der Waals surface area contributed by atoms with Crippen LogP contribution in [-0.2, 0) is 25.6 Å². The maximum absolute atomic E-state index is 11.4. The zero-order chi connectivity index (χ0) is 17.1. The van der Waals surface area contributed by atoms with E-state index in [-0.39, 0.29) is 36.2 Å². The predicted molar refractivity (Wildman–Crippen MR) is 89.1 cm³/mol. The number of piperidine rings is 2. The van der Waals surface area contributed by atoms with Gasteiger partial charge >= 0.3 is 11.9 Å². The first-order valence-corrected chi connectivity index (χ1v) is 8.68. The summed E-state index contributed by atoms with van der Waals surface area (Å²) in [6.07, 6.45) is 3.27. The number of rotatable bonds is 4. The minimum atomic E-state index is -0.222. The normalized spacial score (nSPS) is 29.8. The molecule has 5 nitrogen and oxygen atoms in total. The lowest BCUT2D eigenvalue weighted by Gasteiger charge is -2.51. The number of carbonyl (C=O) groups excluding carboxylic acids is 2. The highest BCUT2D eigenvalue weighted by Crippen LogP contribution is 2.38. The summed E-state index contributed by atoms with van der Waals surface area (Å²) in [5, 5.41) is 0. The summed E-state index contributed by atoms with van der Waals surface area (Å²) in [6.45, 7) is 3.72. The van der Waals surface area contributed by atoms with Crippen LogP contribution in [0, 0.1) is 0 Å². The fourth-order valence-corrected chi connectivity index (χ4v) is 4.16. The van der Waals surface area contributed by atoms with Gasteiger partial charge in [-0.2, -0.15) is 0 Å². The summed E-state index contributed by atoms with van der Waals surface area (Å²) < 4.78 is 11.1.